The summed E-state index contributed by atoms with van der Waals surface area (Å²) in [5.41, 5.74) is 0.538. The van der Waals surface area contributed by atoms with Crippen LogP contribution in [0.3, 0.4) is 0 Å². The third-order valence-electron chi connectivity index (χ3n) is 5.79. The first-order chi connectivity index (χ1) is 19.4. The van der Waals surface area contributed by atoms with Crippen molar-refractivity contribution in [1.29, 1.82) is 0 Å². The molecule has 11 nitrogen and oxygen atoms in total. The van der Waals surface area contributed by atoms with Crippen LogP contribution in [0.1, 0.15) is 30.7 Å². The summed E-state index contributed by atoms with van der Waals surface area (Å²) in [5.74, 6) is 0.320. The van der Waals surface area contributed by atoms with E-state index in [0.29, 0.717) is 42.7 Å². The van der Waals surface area contributed by atoms with E-state index in [1.807, 2.05) is 38.0 Å². The summed E-state index contributed by atoms with van der Waals surface area (Å²) < 4.78 is 46.3. The second-order valence-corrected chi connectivity index (χ2v) is 10.5. The molecule has 3 heterocycles. The Morgan fingerprint density at radius 3 is 2.41 bits per heavy atom. The van der Waals surface area contributed by atoms with E-state index < -0.39 is 24.0 Å². The first-order valence-electron chi connectivity index (χ1n) is 12.7. The van der Waals surface area contributed by atoms with Gasteiger partial charge in [0.05, 0.1) is 0 Å². The zero-order chi connectivity index (χ0) is 30.2. The number of thiazole rings is 1. The molecule has 3 aromatic heterocycles. The number of aromatic nitrogens is 3. The van der Waals surface area contributed by atoms with Crippen molar-refractivity contribution < 1.29 is 32.8 Å². The lowest BCUT2D eigenvalue weighted by Crippen LogP contribution is -2.28. The highest BCUT2D eigenvalue weighted by Gasteiger charge is 2.34. The highest BCUT2D eigenvalue weighted by Crippen LogP contribution is 2.41. The number of likely N-dealkylation sites (N-methyl/N-ethyl adjacent to an activating group) is 1. The van der Waals surface area contributed by atoms with Crippen molar-refractivity contribution in [2.75, 3.05) is 59.7 Å². The van der Waals surface area contributed by atoms with Gasteiger partial charge in [0.15, 0.2) is 5.69 Å². The summed E-state index contributed by atoms with van der Waals surface area (Å²) in [5, 5.41) is 15.8. The molecular weight excluding hydrogens is 563 g/mol. The summed E-state index contributed by atoms with van der Waals surface area (Å²) >= 11 is 0.805. The molecule has 0 bridgehead atoms. The number of ether oxygens (including phenoxy) is 1. The fourth-order valence-electron chi connectivity index (χ4n) is 3.70. The molecule has 1 atom stereocenters. The Morgan fingerprint density at radius 1 is 1.07 bits per heavy atom. The van der Waals surface area contributed by atoms with E-state index in [9.17, 15) is 23.2 Å². The third-order valence-corrected chi connectivity index (χ3v) is 6.66. The van der Waals surface area contributed by atoms with Gasteiger partial charge in [0.2, 0.25) is 5.88 Å². The lowest BCUT2D eigenvalue weighted by atomic mass is 9.99. The number of hydrogen-bond acceptors (Lipinski definition) is 10. The SMILES string of the molecule is CCNC(=O)Nc1cc(-c2nc(C(F)(F)F)cs2)c(-c2cc(C(CCN(C)C)OO)cnc2OCCN(C)C)cn1. The minimum Gasteiger partial charge on any atom is -0.476 e. The quantitative estimate of drug-likeness (QED) is 0.187. The molecule has 1 unspecified atom stereocenters. The highest BCUT2D eigenvalue weighted by atomic mass is 32.1. The molecular formula is C26H34F3N7O4S. The number of anilines is 1. The zero-order valence-corrected chi connectivity index (χ0v) is 24.3. The van der Waals surface area contributed by atoms with Crippen molar-refractivity contribution in [2.24, 2.45) is 0 Å². The van der Waals surface area contributed by atoms with Crippen molar-refractivity contribution in [3.05, 3.63) is 41.2 Å². The summed E-state index contributed by atoms with van der Waals surface area (Å²) in [6.07, 6.45) is -1.99. The molecule has 15 heteroatoms. The number of rotatable bonds is 13. The average Bonchev–Trinajstić information content (AvgIpc) is 3.40. The molecule has 3 rings (SSSR count). The molecule has 0 aromatic carbocycles. The molecule has 3 N–H and O–H groups in total. The van der Waals surface area contributed by atoms with Gasteiger partial charge in [-0.2, -0.15) is 13.2 Å². The molecule has 0 fully saturated rings. The van der Waals surface area contributed by atoms with Gasteiger partial charge in [-0.25, -0.2) is 24.6 Å². The smallest absolute Gasteiger partial charge is 0.434 e. The Balaban J connectivity index is 2.18. The van der Waals surface area contributed by atoms with E-state index >= 15 is 0 Å². The maximum absolute atomic E-state index is 13.4. The number of urea groups is 1. The highest BCUT2D eigenvalue weighted by molar-refractivity contribution is 7.13. The monoisotopic (exact) mass is 597 g/mol. The number of nitrogens with one attached hydrogen (secondary N) is 2. The maximum Gasteiger partial charge on any atom is 0.434 e. The minimum atomic E-state index is -4.63. The first-order valence-corrected chi connectivity index (χ1v) is 13.6. The van der Waals surface area contributed by atoms with Gasteiger partial charge in [0.25, 0.3) is 0 Å². The van der Waals surface area contributed by atoms with Crippen LogP contribution in [0.25, 0.3) is 21.7 Å². The zero-order valence-electron chi connectivity index (χ0n) is 23.4. The van der Waals surface area contributed by atoms with Crippen LogP contribution in [-0.2, 0) is 11.1 Å². The van der Waals surface area contributed by atoms with Crippen molar-refractivity contribution in [3.8, 4) is 27.6 Å². The number of carbonyl (C=O) groups excluding carboxylic acids is 1. The van der Waals surface area contributed by atoms with E-state index in [1.54, 1.807) is 13.0 Å². The Kier molecular flexibility index (Phi) is 11.4. The van der Waals surface area contributed by atoms with Crippen LogP contribution < -0.4 is 15.4 Å². The molecule has 3 aromatic rings. The number of hydrogen-bond donors (Lipinski definition) is 3. The lowest BCUT2D eigenvalue weighted by Gasteiger charge is -2.20. The fourth-order valence-corrected chi connectivity index (χ4v) is 4.55. The average molecular weight is 598 g/mol. The summed E-state index contributed by atoms with van der Waals surface area (Å²) in [6, 6.07) is 2.63. The molecule has 2 amide bonds. The Morgan fingerprint density at radius 2 is 1.80 bits per heavy atom. The van der Waals surface area contributed by atoms with Gasteiger partial charge in [-0.1, -0.05) is 0 Å². The van der Waals surface area contributed by atoms with Gasteiger partial charge in [-0.15, -0.1) is 11.3 Å². The molecule has 41 heavy (non-hydrogen) atoms. The van der Waals surface area contributed by atoms with Gasteiger partial charge in [-0.3, -0.25) is 10.6 Å². The van der Waals surface area contributed by atoms with Crippen LogP contribution in [0, 0.1) is 0 Å². The van der Waals surface area contributed by atoms with E-state index in [2.05, 4.69) is 25.6 Å². The predicted molar refractivity (Wildman–Crippen MR) is 150 cm³/mol. The predicted octanol–water partition coefficient (Wildman–Crippen LogP) is 4.85. The lowest BCUT2D eigenvalue weighted by molar-refractivity contribution is -0.283. The molecule has 0 aliphatic carbocycles. The van der Waals surface area contributed by atoms with Crippen LogP contribution >= 0.6 is 11.3 Å². The maximum atomic E-state index is 13.4. The van der Waals surface area contributed by atoms with Crippen LogP contribution in [0.4, 0.5) is 23.8 Å². The Labute approximate surface area is 240 Å². The van der Waals surface area contributed by atoms with E-state index in [4.69, 9.17) is 9.62 Å². The van der Waals surface area contributed by atoms with Gasteiger partial charge < -0.3 is 19.9 Å². The molecule has 0 aliphatic rings. The number of pyridine rings is 2. The molecule has 224 valence electrons. The molecule has 0 radical (unpaired) electrons. The largest absolute Gasteiger partial charge is 0.476 e. The second kappa shape index (κ2) is 14.5. The van der Waals surface area contributed by atoms with E-state index in [-0.39, 0.29) is 28.9 Å². The number of halogens is 3. The topological polar surface area (TPSA) is 125 Å². The van der Waals surface area contributed by atoms with Gasteiger partial charge in [-0.05, 0) is 53.7 Å². The molecule has 0 saturated carbocycles. The van der Waals surface area contributed by atoms with Gasteiger partial charge in [0, 0.05) is 59.7 Å². The number of nitrogens with zero attached hydrogens (tertiary/aromatic N) is 5. The summed E-state index contributed by atoms with van der Waals surface area (Å²) in [6.45, 7) is 3.58. The van der Waals surface area contributed by atoms with Crippen molar-refractivity contribution in [2.45, 2.75) is 25.6 Å². The van der Waals surface area contributed by atoms with E-state index in [0.717, 1.165) is 16.7 Å². The second-order valence-electron chi connectivity index (χ2n) is 9.59. The van der Waals surface area contributed by atoms with Crippen molar-refractivity contribution >= 4 is 23.2 Å². The Hall–Kier alpha value is -3.37. The van der Waals surface area contributed by atoms with Crippen molar-refractivity contribution in [3.63, 3.8) is 0 Å². The van der Waals surface area contributed by atoms with Crippen LogP contribution in [0.15, 0.2) is 29.9 Å². The minimum absolute atomic E-state index is 0.0564. The first kappa shape index (κ1) is 32.1. The molecule has 0 aliphatic heterocycles. The van der Waals surface area contributed by atoms with Gasteiger partial charge >= 0.3 is 12.2 Å². The van der Waals surface area contributed by atoms with Crippen molar-refractivity contribution in [1.82, 2.24) is 30.1 Å². The molecule has 0 spiro atoms. The van der Waals surface area contributed by atoms with Gasteiger partial charge in [0.1, 0.15) is 23.5 Å². The molecule has 0 saturated heterocycles. The number of amides is 2. The Bertz CT molecular complexity index is 1300. The normalized spacial score (nSPS) is 12.6. The fraction of sp³-hybridized carbons (Fsp3) is 0.462. The number of carbonyl (C=O) groups is 1. The summed E-state index contributed by atoms with van der Waals surface area (Å²) in [7, 11) is 7.55. The standard InChI is InChI=1S/C26H34F3N7O4S/c1-6-30-25(37)34-22-12-18(24-33-21(15-41-24)26(27,28)29)19(14-31-22)17-11-16(20(40-38)7-8-35(2)3)13-32-23(17)39-10-9-36(4)5/h11-15,20,38H,6-10H2,1-5H3,(H2,30,31,34,37). The third kappa shape index (κ3) is 9.06. The van der Waals surface area contributed by atoms with Crippen LogP contribution in [-0.4, -0.2) is 90.5 Å². The number of alkyl halides is 3. The van der Waals surface area contributed by atoms with E-state index in [1.165, 1.54) is 18.5 Å². The summed E-state index contributed by atoms with van der Waals surface area (Å²) in [4.78, 5) is 33.4. The van der Waals surface area contributed by atoms with Crippen LogP contribution in [0.5, 0.6) is 5.88 Å². The van der Waals surface area contributed by atoms with Crippen LogP contribution in [0.2, 0.25) is 0 Å².